The largest absolute Gasteiger partial charge is 0.373 e. The molecule has 0 unspecified atom stereocenters. The zero-order valence-electron chi connectivity index (χ0n) is 28.2. The van der Waals surface area contributed by atoms with Crippen molar-refractivity contribution < 1.29 is 9.13 Å². The zero-order chi connectivity index (χ0) is 29.4. The summed E-state index contributed by atoms with van der Waals surface area (Å²) < 4.78 is 10.4. The minimum atomic E-state index is 1.13. The minimum absolute atomic E-state index is 1.13. The van der Waals surface area contributed by atoms with Crippen LogP contribution >= 0.6 is 0 Å². The van der Waals surface area contributed by atoms with E-state index in [0.29, 0.717) is 0 Å². The Kier molecular flexibility index (Phi) is 20.8. The Morgan fingerprint density at radius 1 is 0.390 bits per heavy atom. The number of unbranched alkanes of at least 4 members (excludes halogenated alkanes) is 19. The zero-order valence-corrected chi connectivity index (χ0v) is 28.2. The second-order valence-corrected chi connectivity index (χ2v) is 12.7. The lowest BCUT2D eigenvalue weighted by molar-refractivity contribution is -0.715. The molecule has 0 amide bonds. The van der Waals surface area contributed by atoms with Gasteiger partial charge in [0, 0.05) is 0 Å². The average molecular weight is 571 g/mol. The van der Waals surface area contributed by atoms with Gasteiger partial charge in [-0.2, -0.15) is 0 Å². The van der Waals surface area contributed by atoms with Crippen molar-refractivity contribution in [2.75, 3.05) is 0 Å². The molecule has 236 valence electrons. The van der Waals surface area contributed by atoms with Crippen molar-refractivity contribution >= 4 is 0 Å². The molecule has 2 aromatic rings. The SMILES string of the molecule is CCCCCCCCCCCn1cc[n+](CCCCC)c1-c1n(CCCCCCCCCC)cc[n+]1CCCCC. The maximum Gasteiger partial charge on any atom is 0.373 e. The molecule has 0 N–H and O–H groups in total. The smallest absolute Gasteiger partial charge is 0.223 e. The first-order valence-corrected chi connectivity index (χ1v) is 18.4. The van der Waals surface area contributed by atoms with Crippen LogP contribution in [-0.4, -0.2) is 9.13 Å². The number of aryl methyl sites for hydroxylation is 4. The number of rotatable bonds is 28. The lowest BCUT2D eigenvalue weighted by atomic mass is 10.1. The molecule has 41 heavy (non-hydrogen) atoms. The summed E-state index contributed by atoms with van der Waals surface area (Å²) in [7, 11) is 0. The van der Waals surface area contributed by atoms with E-state index in [1.165, 1.54) is 159 Å². The van der Waals surface area contributed by atoms with Crippen LogP contribution in [0.2, 0.25) is 0 Å². The third-order valence-electron chi connectivity index (χ3n) is 8.90. The molecule has 0 aliphatic carbocycles. The van der Waals surface area contributed by atoms with Crippen molar-refractivity contribution in [2.45, 2.75) is 202 Å². The molecule has 4 nitrogen and oxygen atoms in total. The maximum absolute atomic E-state index is 2.60. The molecule has 0 bridgehead atoms. The predicted molar refractivity (Wildman–Crippen MR) is 177 cm³/mol. The van der Waals surface area contributed by atoms with Crippen molar-refractivity contribution in [3.63, 3.8) is 0 Å². The molecular weight excluding hydrogens is 500 g/mol. The van der Waals surface area contributed by atoms with Crippen molar-refractivity contribution in [1.29, 1.82) is 0 Å². The van der Waals surface area contributed by atoms with Crippen LogP contribution in [0.5, 0.6) is 0 Å². The van der Waals surface area contributed by atoms with E-state index in [2.05, 4.69) is 70.8 Å². The van der Waals surface area contributed by atoms with E-state index in [1.54, 1.807) is 0 Å². The van der Waals surface area contributed by atoms with Gasteiger partial charge in [0.05, 0.1) is 26.2 Å². The molecule has 0 aliphatic rings. The van der Waals surface area contributed by atoms with Gasteiger partial charge in [0.1, 0.15) is 24.8 Å². The number of nitrogens with zero attached hydrogens (tertiary/aromatic N) is 4. The minimum Gasteiger partial charge on any atom is -0.223 e. The Hall–Kier alpha value is -1.58. The average Bonchev–Trinajstić information content (AvgIpc) is 3.56. The summed E-state index contributed by atoms with van der Waals surface area (Å²) in [5.41, 5.74) is 0. The molecule has 0 aromatic carbocycles. The third kappa shape index (κ3) is 14.4. The number of aromatic nitrogens is 4. The van der Waals surface area contributed by atoms with Crippen molar-refractivity contribution in [3.05, 3.63) is 24.8 Å². The van der Waals surface area contributed by atoms with Crippen LogP contribution in [0, 0.1) is 0 Å². The fourth-order valence-corrected chi connectivity index (χ4v) is 6.24. The van der Waals surface area contributed by atoms with Gasteiger partial charge in [-0.3, -0.25) is 0 Å². The Bertz CT molecular complexity index is 864. The predicted octanol–water partition coefficient (Wildman–Crippen LogP) is 10.6. The summed E-state index contributed by atoms with van der Waals surface area (Å²) in [6.45, 7) is 13.8. The highest BCUT2D eigenvalue weighted by atomic mass is 15.2. The molecular formula is C37H70N4+2. The van der Waals surface area contributed by atoms with Crippen LogP contribution in [0.25, 0.3) is 11.6 Å². The molecule has 0 fully saturated rings. The fraction of sp³-hybridized carbons (Fsp3) is 0.838. The van der Waals surface area contributed by atoms with E-state index in [-0.39, 0.29) is 0 Å². The lowest BCUT2D eigenvalue weighted by Crippen LogP contribution is -2.43. The maximum atomic E-state index is 2.60. The highest BCUT2D eigenvalue weighted by Crippen LogP contribution is 2.18. The first-order chi connectivity index (χ1) is 20.3. The van der Waals surface area contributed by atoms with Gasteiger partial charge < -0.3 is 0 Å². The normalized spacial score (nSPS) is 11.6. The topological polar surface area (TPSA) is 17.6 Å². The standard InChI is InChI=1S/C37H70N4/c1-5-9-13-15-17-19-21-23-27-31-41-35-33-39(29-25-12-8-4)37(41)36-38(28-24-11-7-3)32-34-40(36)30-26-22-20-18-16-14-10-6-2/h32-35H,5-31H2,1-4H3/q+2. The first-order valence-electron chi connectivity index (χ1n) is 18.4. The van der Waals surface area contributed by atoms with E-state index in [0.717, 1.165) is 26.2 Å². The van der Waals surface area contributed by atoms with Gasteiger partial charge in [-0.05, 0) is 51.4 Å². The Morgan fingerprint density at radius 3 is 1.02 bits per heavy atom. The number of hydrogen-bond donors (Lipinski definition) is 0. The molecule has 0 aliphatic heterocycles. The van der Waals surface area contributed by atoms with Crippen molar-refractivity contribution in [2.24, 2.45) is 0 Å². The van der Waals surface area contributed by atoms with E-state index in [9.17, 15) is 0 Å². The molecule has 4 heteroatoms. The van der Waals surface area contributed by atoms with Gasteiger partial charge in [-0.15, -0.1) is 0 Å². The summed E-state index contributed by atoms with van der Waals surface area (Å²) in [5.74, 6) is 2.89. The van der Waals surface area contributed by atoms with Gasteiger partial charge in [-0.25, -0.2) is 18.3 Å². The molecule has 0 saturated carbocycles. The van der Waals surface area contributed by atoms with E-state index in [1.807, 2.05) is 0 Å². The highest BCUT2D eigenvalue weighted by molar-refractivity contribution is 5.36. The van der Waals surface area contributed by atoms with Gasteiger partial charge in [0.15, 0.2) is 0 Å². The van der Waals surface area contributed by atoms with E-state index < -0.39 is 0 Å². The monoisotopic (exact) mass is 571 g/mol. The van der Waals surface area contributed by atoms with Crippen LogP contribution in [-0.2, 0) is 26.2 Å². The summed E-state index contributed by atoms with van der Waals surface area (Å²) in [4.78, 5) is 0. The van der Waals surface area contributed by atoms with E-state index >= 15 is 0 Å². The Balaban J connectivity index is 2.10. The first kappa shape index (κ1) is 35.6. The molecule has 2 rings (SSSR count). The summed E-state index contributed by atoms with van der Waals surface area (Å²) in [6.07, 6.45) is 40.8. The molecule has 0 spiro atoms. The quantitative estimate of drug-likeness (QED) is 0.0715. The van der Waals surface area contributed by atoms with E-state index in [4.69, 9.17) is 0 Å². The van der Waals surface area contributed by atoms with Crippen molar-refractivity contribution in [3.8, 4) is 11.6 Å². The van der Waals surface area contributed by atoms with Gasteiger partial charge in [0.2, 0.25) is 0 Å². The second kappa shape index (κ2) is 23.9. The Labute approximate surface area is 255 Å². The van der Waals surface area contributed by atoms with Crippen LogP contribution in [0.1, 0.15) is 175 Å². The number of imidazole rings is 2. The van der Waals surface area contributed by atoms with Crippen LogP contribution in [0.4, 0.5) is 0 Å². The Morgan fingerprint density at radius 2 is 0.683 bits per heavy atom. The van der Waals surface area contributed by atoms with Crippen molar-refractivity contribution in [1.82, 2.24) is 9.13 Å². The summed E-state index contributed by atoms with van der Waals surface area (Å²) in [5, 5.41) is 0. The lowest BCUT2D eigenvalue weighted by Gasteiger charge is -2.08. The molecule has 0 radical (unpaired) electrons. The highest BCUT2D eigenvalue weighted by Gasteiger charge is 2.32. The molecule has 0 atom stereocenters. The summed E-state index contributed by atoms with van der Waals surface area (Å²) in [6, 6.07) is 0. The van der Waals surface area contributed by atoms with Gasteiger partial charge in [-0.1, -0.05) is 124 Å². The molecule has 0 saturated heterocycles. The third-order valence-corrected chi connectivity index (χ3v) is 8.90. The van der Waals surface area contributed by atoms with Gasteiger partial charge >= 0.3 is 11.6 Å². The molecule has 2 aromatic heterocycles. The fourth-order valence-electron chi connectivity index (χ4n) is 6.24. The van der Waals surface area contributed by atoms with Crippen LogP contribution < -0.4 is 9.13 Å². The summed E-state index contributed by atoms with van der Waals surface area (Å²) >= 11 is 0. The second-order valence-electron chi connectivity index (χ2n) is 12.7. The molecule has 2 heterocycles. The van der Waals surface area contributed by atoms with Crippen LogP contribution in [0.15, 0.2) is 24.8 Å². The number of hydrogen-bond acceptors (Lipinski definition) is 0. The van der Waals surface area contributed by atoms with Crippen LogP contribution in [0.3, 0.4) is 0 Å². The van der Waals surface area contributed by atoms with Gasteiger partial charge in [0.25, 0.3) is 0 Å².